The fourth-order valence-corrected chi connectivity index (χ4v) is 0.719. The van der Waals surface area contributed by atoms with Crippen molar-refractivity contribution in [2.75, 3.05) is 0 Å². The lowest BCUT2D eigenvalue weighted by molar-refractivity contribution is -0.144. The maximum absolute atomic E-state index is 12.0. The van der Waals surface area contributed by atoms with E-state index >= 15 is 0 Å². The van der Waals surface area contributed by atoms with Gasteiger partial charge in [0.2, 0.25) is 12.2 Å². The van der Waals surface area contributed by atoms with Crippen molar-refractivity contribution in [3.8, 4) is 0 Å². The topological polar surface area (TPSA) is 51.2 Å². The molecule has 0 radical (unpaired) electrons. The molecule has 0 rings (SSSR count). The van der Waals surface area contributed by atoms with Crippen molar-refractivity contribution < 1.29 is 23.2 Å². The number of Topliss-reactive ketones (excluding diaryl/α,β-unsaturated/α-hetero) is 2. The average molecular weight is 178 g/mol. The van der Waals surface area contributed by atoms with E-state index < -0.39 is 23.9 Å². The quantitative estimate of drug-likeness (QED) is 0.352. The molecule has 0 fully saturated rings. The lowest BCUT2D eigenvalue weighted by Crippen LogP contribution is -2.29. The summed E-state index contributed by atoms with van der Waals surface area (Å²) >= 11 is 0. The van der Waals surface area contributed by atoms with Gasteiger partial charge >= 0.3 is 0 Å². The van der Waals surface area contributed by atoms with Crippen LogP contribution >= 0.6 is 0 Å². The van der Waals surface area contributed by atoms with Crippen LogP contribution in [-0.2, 0) is 14.4 Å². The van der Waals surface area contributed by atoms with E-state index in [9.17, 15) is 23.2 Å². The van der Waals surface area contributed by atoms with Crippen LogP contribution in [0.2, 0.25) is 0 Å². The van der Waals surface area contributed by atoms with Crippen LogP contribution in [0.3, 0.4) is 0 Å². The van der Waals surface area contributed by atoms with Crippen LogP contribution in [0.5, 0.6) is 0 Å². The van der Waals surface area contributed by atoms with Crippen molar-refractivity contribution >= 4 is 17.9 Å². The Morgan fingerprint density at radius 3 is 2.17 bits per heavy atom. The Morgan fingerprint density at radius 1 is 1.42 bits per heavy atom. The number of hydrogen-bond donors (Lipinski definition) is 0. The molecule has 0 aliphatic carbocycles. The Hall–Kier alpha value is -1.13. The Balaban J connectivity index is 4.42. The van der Waals surface area contributed by atoms with Crippen molar-refractivity contribution in [1.82, 2.24) is 0 Å². The van der Waals surface area contributed by atoms with Crippen molar-refractivity contribution in [1.29, 1.82) is 0 Å². The zero-order valence-electron chi connectivity index (χ0n) is 6.42. The van der Waals surface area contributed by atoms with Gasteiger partial charge in [-0.15, -0.1) is 0 Å². The number of alkyl halides is 2. The third-order valence-electron chi connectivity index (χ3n) is 1.43. The maximum Gasteiger partial charge on any atom is 0.261 e. The number of halogens is 2. The van der Waals surface area contributed by atoms with Gasteiger partial charge in [-0.3, -0.25) is 14.4 Å². The Morgan fingerprint density at radius 2 is 1.92 bits per heavy atom. The highest BCUT2D eigenvalue weighted by molar-refractivity contribution is 6.58. The molecule has 5 heteroatoms. The van der Waals surface area contributed by atoms with Crippen LogP contribution in [-0.4, -0.2) is 24.3 Å². The Labute approximate surface area is 67.7 Å². The fourth-order valence-electron chi connectivity index (χ4n) is 0.719. The van der Waals surface area contributed by atoms with E-state index in [1.54, 1.807) is 0 Å². The van der Waals surface area contributed by atoms with Gasteiger partial charge in [0, 0.05) is 0 Å². The molecule has 0 N–H and O–H groups in total. The molecule has 1 unspecified atom stereocenters. The first-order valence-corrected chi connectivity index (χ1v) is 3.36. The number of carbonyl (C=O) groups is 3. The summed E-state index contributed by atoms with van der Waals surface area (Å²) in [5.41, 5.74) is 0. The molecule has 0 amide bonds. The van der Waals surface area contributed by atoms with Gasteiger partial charge in [0.1, 0.15) is 0 Å². The smallest absolute Gasteiger partial charge is 0.261 e. The molecule has 0 aromatic carbocycles. The van der Waals surface area contributed by atoms with Gasteiger partial charge in [0.05, 0.1) is 5.92 Å². The maximum atomic E-state index is 12.0. The van der Waals surface area contributed by atoms with E-state index in [2.05, 4.69) is 0 Å². The number of aldehydes is 1. The third-order valence-corrected chi connectivity index (χ3v) is 1.43. The van der Waals surface area contributed by atoms with E-state index in [-0.39, 0.29) is 12.7 Å². The monoisotopic (exact) mass is 178 g/mol. The SMILES string of the molecule is CCC(C(=O)C(=O)C=O)C(F)F. The molecule has 1 atom stereocenters. The predicted octanol–water partition coefficient (Wildman–Crippen LogP) is 0.615. The summed E-state index contributed by atoms with van der Waals surface area (Å²) in [6.07, 6.45) is -3.27. The normalized spacial score (nSPS) is 12.7. The Kier molecular flexibility index (Phi) is 4.25. The Bertz CT molecular complexity index is 201. The second kappa shape index (κ2) is 4.69. The summed E-state index contributed by atoms with van der Waals surface area (Å²) in [5, 5.41) is 0. The van der Waals surface area contributed by atoms with E-state index in [1.807, 2.05) is 0 Å². The second-order valence-corrected chi connectivity index (χ2v) is 2.20. The average Bonchev–Trinajstić information content (AvgIpc) is 2.03. The van der Waals surface area contributed by atoms with E-state index in [1.165, 1.54) is 6.92 Å². The van der Waals surface area contributed by atoms with Crippen LogP contribution in [0, 0.1) is 5.92 Å². The van der Waals surface area contributed by atoms with Crippen molar-refractivity contribution in [2.24, 2.45) is 5.92 Å². The van der Waals surface area contributed by atoms with Gasteiger partial charge in [0.15, 0.2) is 6.29 Å². The van der Waals surface area contributed by atoms with Crippen molar-refractivity contribution in [2.45, 2.75) is 19.8 Å². The molecule has 0 spiro atoms. The molecule has 3 nitrogen and oxygen atoms in total. The van der Waals surface area contributed by atoms with Crippen LogP contribution < -0.4 is 0 Å². The molecule has 12 heavy (non-hydrogen) atoms. The van der Waals surface area contributed by atoms with E-state index in [4.69, 9.17) is 0 Å². The summed E-state index contributed by atoms with van der Waals surface area (Å²) in [7, 11) is 0. The molecule has 0 aromatic rings. The van der Waals surface area contributed by atoms with Gasteiger partial charge in [-0.2, -0.15) is 0 Å². The van der Waals surface area contributed by atoms with Crippen LogP contribution in [0.1, 0.15) is 13.3 Å². The highest BCUT2D eigenvalue weighted by Crippen LogP contribution is 2.14. The molecule has 0 saturated heterocycles. The van der Waals surface area contributed by atoms with Crippen LogP contribution in [0.4, 0.5) is 8.78 Å². The first kappa shape index (κ1) is 10.9. The fraction of sp³-hybridized carbons (Fsp3) is 0.571. The number of ketones is 2. The van der Waals surface area contributed by atoms with Crippen LogP contribution in [0.15, 0.2) is 0 Å². The first-order chi connectivity index (χ1) is 5.54. The standard InChI is InChI=1S/C7H8F2O3/c1-2-4(7(8)9)6(12)5(11)3-10/h3-4,7H,2H2,1H3. The minimum absolute atomic E-state index is 0.143. The summed E-state index contributed by atoms with van der Waals surface area (Å²) in [4.78, 5) is 30.8. The summed E-state index contributed by atoms with van der Waals surface area (Å²) < 4.78 is 23.9. The molecule has 0 saturated carbocycles. The van der Waals surface area contributed by atoms with Gasteiger partial charge in [-0.25, -0.2) is 8.78 Å². The number of hydrogen-bond acceptors (Lipinski definition) is 3. The molecular formula is C7H8F2O3. The van der Waals surface area contributed by atoms with Crippen LogP contribution in [0.25, 0.3) is 0 Å². The molecule has 68 valence electrons. The minimum atomic E-state index is -2.88. The van der Waals surface area contributed by atoms with E-state index in [0.717, 1.165) is 0 Å². The molecule has 0 aliphatic heterocycles. The first-order valence-electron chi connectivity index (χ1n) is 3.36. The molecule has 0 aliphatic rings. The van der Waals surface area contributed by atoms with Gasteiger partial charge in [0.25, 0.3) is 5.78 Å². The lowest BCUT2D eigenvalue weighted by atomic mass is 9.99. The molecule has 0 aromatic heterocycles. The lowest BCUT2D eigenvalue weighted by Gasteiger charge is -2.08. The molecular weight excluding hydrogens is 170 g/mol. The largest absolute Gasteiger partial charge is 0.294 e. The zero-order valence-corrected chi connectivity index (χ0v) is 6.42. The predicted molar refractivity (Wildman–Crippen MR) is 35.9 cm³/mol. The van der Waals surface area contributed by atoms with Gasteiger partial charge in [-0.05, 0) is 6.42 Å². The molecule has 0 heterocycles. The third kappa shape index (κ3) is 2.48. The second-order valence-electron chi connectivity index (χ2n) is 2.20. The van der Waals surface area contributed by atoms with Crippen molar-refractivity contribution in [3.63, 3.8) is 0 Å². The molecule has 0 bridgehead atoms. The number of rotatable bonds is 5. The highest BCUT2D eigenvalue weighted by Gasteiger charge is 2.30. The highest BCUT2D eigenvalue weighted by atomic mass is 19.3. The zero-order chi connectivity index (χ0) is 9.72. The van der Waals surface area contributed by atoms with E-state index in [0.29, 0.717) is 0 Å². The summed E-state index contributed by atoms with van der Waals surface area (Å²) in [5.74, 6) is -4.33. The van der Waals surface area contributed by atoms with Crippen molar-refractivity contribution in [3.05, 3.63) is 0 Å². The summed E-state index contributed by atoms with van der Waals surface area (Å²) in [6, 6.07) is 0. The number of carbonyl (C=O) groups excluding carboxylic acids is 3. The van der Waals surface area contributed by atoms with Gasteiger partial charge in [-0.1, -0.05) is 6.92 Å². The minimum Gasteiger partial charge on any atom is -0.294 e. The summed E-state index contributed by atoms with van der Waals surface area (Å²) in [6.45, 7) is 1.35. The van der Waals surface area contributed by atoms with Gasteiger partial charge < -0.3 is 0 Å².